The van der Waals surface area contributed by atoms with E-state index in [0.29, 0.717) is 16.4 Å². The molecule has 0 atom stereocenters. The Bertz CT molecular complexity index is 871. The highest BCUT2D eigenvalue weighted by Gasteiger charge is 2.12. The number of H-pyrrole nitrogens is 2. The second-order valence-electron chi connectivity index (χ2n) is 4.55. The molecule has 0 aliphatic heterocycles. The number of carbonyl (C=O) groups excluding carboxylic acids is 2. The van der Waals surface area contributed by atoms with Crippen LogP contribution < -0.4 is 10.9 Å². The lowest BCUT2D eigenvalue weighted by molar-refractivity contribution is 0.0842. The van der Waals surface area contributed by atoms with Crippen molar-refractivity contribution in [3.05, 3.63) is 57.4 Å². The van der Waals surface area contributed by atoms with E-state index in [4.69, 9.17) is 11.6 Å². The number of amides is 2. The highest BCUT2D eigenvalue weighted by molar-refractivity contribution is 9.10. The molecule has 4 N–H and O–H groups in total. The zero-order valence-corrected chi connectivity index (χ0v) is 13.4. The zero-order chi connectivity index (χ0) is 15.7. The molecule has 0 saturated carbocycles. The minimum Gasteiger partial charge on any atom is -0.356 e. The molecule has 2 aromatic heterocycles. The van der Waals surface area contributed by atoms with Crippen LogP contribution in [0, 0.1) is 0 Å². The van der Waals surface area contributed by atoms with E-state index in [0.717, 1.165) is 15.4 Å². The molecule has 2 heterocycles. The van der Waals surface area contributed by atoms with Gasteiger partial charge in [-0.2, -0.15) is 0 Å². The normalized spacial score (nSPS) is 10.6. The van der Waals surface area contributed by atoms with E-state index in [1.165, 1.54) is 0 Å². The molecule has 1 aromatic carbocycles. The molecule has 8 heteroatoms. The summed E-state index contributed by atoms with van der Waals surface area (Å²) in [5.74, 6) is -0.899. The summed E-state index contributed by atoms with van der Waals surface area (Å²) < 4.78 is 0.747. The van der Waals surface area contributed by atoms with Crippen LogP contribution in [-0.4, -0.2) is 21.8 Å². The zero-order valence-electron chi connectivity index (χ0n) is 11.0. The Morgan fingerprint density at radius 3 is 2.45 bits per heavy atom. The molecule has 0 spiro atoms. The Morgan fingerprint density at radius 2 is 1.77 bits per heavy atom. The quantitative estimate of drug-likeness (QED) is 0.514. The predicted molar refractivity (Wildman–Crippen MR) is 86.7 cm³/mol. The first-order valence-corrected chi connectivity index (χ1v) is 7.43. The SMILES string of the molecule is O=C(NNC(=O)c1cc2cc(Cl)ccc2[nH]1)c1cc(Br)c[nH]1. The summed E-state index contributed by atoms with van der Waals surface area (Å²) in [4.78, 5) is 29.6. The minimum absolute atomic E-state index is 0.324. The number of halogens is 2. The van der Waals surface area contributed by atoms with Crippen LogP contribution in [0.15, 0.2) is 41.0 Å². The van der Waals surface area contributed by atoms with Crippen molar-refractivity contribution in [2.24, 2.45) is 0 Å². The number of fused-ring (bicyclic) bond motifs is 1. The van der Waals surface area contributed by atoms with Crippen molar-refractivity contribution >= 4 is 50.2 Å². The van der Waals surface area contributed by atoms with Gasteiger partial charge in [-0.15, -0.1) is 0 Å². The fourth-order valence-electron chi connectivity index (χ4n) is 1.97. The summed E-state index contributed by atoms with van der Waals surface area (Å²) >= 11 is 9.13. The number of hydrogen-bond acceptors (Lipinski definition) is 2. The molecule has 0 saturated heterocycles. The summed E-state index contributed by atoms with van der Waals surface area (Å²) in [6, 6.07) is 8.52. The van der Waals surface area contributed by atoms with Crippen LogP contribution >= 0.6 is 27.5 Å². The number of carbonyl (C=O) groups is 2. The molecule has 22 heavy (non-hydrogen) atoms. The van der Waals surface area contributed by atoms with Crippen molar-refractivity contribution in [2.75, 3.05) is 0 Å². The van der Waals surface area contributed by atoms with Crippen molar-refractivity contribution in [2.45, 2.75) is 0 Å². The Labute approximate surface area is 138 Å². The molecular formula is C14H10BrClN4O2. The van der Waals surface area contributed by atoms with Gasteiger partial charge >= 0.3 is 0 Å². The summed E-state index contributed by atoms with van der Waals surface area (Å²) in [5, 5.41) is 1.40. The number of hydrazine groups is 1. The number of benzene rings is 1. The van der Waals surface area contributed by atoms with E-state index in [1.807, 2.05) is 0 Å². The second kappa shape index (κ2) is 5.86. The lowest BCUT2D eigenvalue weighted by Crippen LogP contribution is -2.41. The third kappa shape index (κ3) is 3.00. The van der Waals surface area contributed by atoms with Crippen LogP contribution in [0.1, 0.15) is 21.0 Å². The average molecular weight is 382 g/mol. The summed E-state index contributed by atoms with van der Waals surface area (Å²) in [6.45, 7) is 0. The molecular weight excluding hydrogens is 372 g/mol. The Hall–Kier alpha value is -2.25. The average Bonchev–Trinajstić information content (AvgIpc) is 3.10. The summed E-state index contributed by atoms with van der Waals surface area (Å²) in [6.07, 6.45) is 1.62. The smallest absolute Gasteiger partial charge is 0.286 e. The van der Waals surface area contributed by atoms with Crippen LogP contribution in [-0.2, 0) is 0 Å². The largest absolute Gasteiger partial charge is 0.356 e. The maximum absolute atomic E-state index is 12.0. The van der Waals surface area contributed by atoms with Gasteiger partial charge < -0.3 is 9.97 Å². The maximum Gasteiger partial charge on any atom is 0.286 e. The Kier molecular flexibility index (Phi) is 3.91. The first kappa shape index (κ1) is 14.7. The molecule has 0 unspecified atom stereocenters. The lowest BCUT2D eigenvalue weighted by atomic mass is 10.2. The third-order valence-corrected chi connectivity index (χ3v) is 3.70. The van der Waals surface area contributed by atoms with Gasteiger partial charge in [0.15, 0.2) is 0 Å². The molecule has 0 aliphatic rings. The Morgan fingerprint density at radius 1 is 1.05 bits per heavy atom. The highest BCUT2D eigenvalue weighted by atomic mass is 79.9. The Balaban J connectivity index is 1.69. The van der Waals surface area contributed by atoms with Gasteiger partial charge in [-0.25, -0.2) is 0 Å². The van der Waals surface area contributed by atoms with Gasteiger partial charge in [0.25, 0.3) is 11.8 Å². The maximum atomic E-state index is 12.0. The first-order valence-electron chi connectivity index (χ1n) is 6.26. The molecule has 2 amide bonds. The third-order valence-electron chi connectivity index (χ3n) is 3.01. The van der Waals surface area contributed by atoms with Gasteiger partial charge in [0.2, 0.25) is 0 Å². The fourth-order valence-corrected chi connectivity index (χ4v) is 2.50. The minimum atomic E-state index is -0.453. The molecule has 6 nitrogen and oxygen atoms in total. The first-order chi connectivity index (χ1) is 10.5. The van der Waals surface area contributed by atoms with E-state index in [-0.39, 0.29) is 0 Å². The second-order valence-corrected chi connectivity index (χ2v) is 5.91. The van der Waals surface area contributed by atoms with Crippen molar-refractivity contribution in [1.82, 2.24) is 20.8 Å². The van der Waals surface area contributed by atoms with Crippen molar-refractivity contribution < 1.29 is 9.59 Å². The molecule has 3 rings (SSSR count). The lowest BCUT2D eigenvalue weighted by Gasteiger charge is -2.04. The molecule has 0 radical (unpaired) electrons. The van der Waals surface area contributed by atoms with E-state index in [2.05, 4.69) is 36.7 Å². The van der Waals surface area contributed by atoms with Gasteiger partial charge in [-0.05, 0) is 46.3 Å². The number of nitrogens with one attached hydrogen (secondary N) is 4. The van der Waals surface area contributed by atoms with E-state index >= 15 is 0 Å². The molecule has 3 aromatic rings. The van der Waals surface area contributed by atoms with Gasteiger partial charge in [0, 0.05) is 26.6 Å². The topological polar surface area (TPSA) is 89.8 Å². The number of hydrogen-bond donors (Lipinski definition) is 4. The number of rotatable bonds is 2. The van der Waals surface area contributed by atoms with Crippen LogP contribution in [0.25, 0.3) is 10.9 Å². The fraction of sp³-hybridized carbons (Fsp3) is 0. The van der Waals surface area contributed by atoms with Gasteiger partial charge in [0.1, 0.15) is 11.4 Å². The molecule has 112 valence electrons. The van der Waals surface area contributed by atoms with Gasteiger partial charge in [0.05, 0.1) is 0 Å². The van der Waals surface area contributed by atoms with Gasteiger partial charge in [-0.1, -0.05) is 11.6 Å². The van der Waals surface area contributed by atoms with Crippen LogP contribution in [0.2, 0.25) is 5.02 Å². The van der Waals surface area contributed by atoms with E-state index < -0.39 is 11.8 Å². The molecule has 0 aliphatic carbocycles. The highest BCUT2D eigenvalue weighted by Crippen LogP contribution is 2.19. The van der Waals surface area contributed by atoms with Crippen molar-refractivity contribution in [1.29, 1.82) is 0 Å². The summed E-state index contributed by atoms with van der Waals surface area (Å²) in [7, 11) is 0. The standard InChI is InChI=1S/C14H10BrClN4O2/c15-8-5-11(17-6-8)13(21)19-20-14(22)12-4-7-3-9(16)1-2-10(7)18-12/h1-6,17-18H,(H,19,21)(H,20,22). The van der Waals surface area contributed by atoms with Crippen LogP contribution in [0.5, 0.6) is 0 Å². The van der Waals surface area contributed by atoms with Crippen molar-refractivity contribution in [3.63, 3.8) is 0 Å². The van der Waals surface area contributed by atoms with Crippen LogP contribution in [0.4, 0.5) is 0 Å². The van der Waals surface area contributed by atoms with Crippen LogP contribution in [0.3, 0.4) is 0 Å². The van der Waals surface area contributed by atoms with Crippen molar-refractivity contribution in [3.8, 4) is 0 Å². The molecule has 0 bridgehead atoms. The molecule has 0 fully saturated rings. The predicted octanol–water partition coefficient (Wildman–Crippen LogP) is 2.99. The van der Waals surface area contributed by atoms with E-state index in [9.17, 15) is 9.59 Å². The number of aromatic nitrogens is 2. The van der Waals surface area contributed by atoms with Gasteiger partial charge in [-0.3, -0.25) is 20.4 Å². The summed E-state index contributed by atoms with van der Waals surface area (Å²) in [5.41, 5.74) is 6.11. The number of aromatic amines is 2. The van der Waals surface area contributed by atoms with E-state index in [1.54, 1.807) is 36.5 Å². The monoisotopic (exact) mass is 380 g/mol.